The average Bonchev–Trinajstić information content (AvgIpc) is 2.00. The zero-order chi connectivity index (χ0) is 8.91. The van der Waals surface area contributed by atoms with E-state index in [1.807, 2.05) is 25.9 Å². The van der Waals surface area contributed by atoms with Crippen molar-refractivity contribution < 1.29 is 10.2 Å². The van der Waals surface area contributed by atoms with Gasteiger partial charge in [0.15, 0.2) is 0 Å². The molecule has 0 radical (unpaired) electrons. The molecule has 0 saturated heterocycles. The minimum Gasteiger partial charge on any atom is -0.396 e. The fraction of sp³-hybridized carbons (Fsp3) is 1.00. The van der Waals surface area contributed by atoms with Crippen molar-refractivity contribution in [1.29, 1.82) is 0 Å². The first-order chi connectivity index (χ1) is 5.04. The Morgan fingerprint density at radius 3 is 1.91 bits per heavy atom. The van der Waals surface area contributed by atoms with Gasteiger partial charge in [0.05, 0.1) is 13.2 Å². The van der Waals surface area contributed by atoms with Gasteiger partial charge in [-0.1, -0.05) is 6.92 Å². The minimum atomic E-state index is -0.315. The quantitative estimate of drug-likeness (QED) is 0.593. The second-order valence-corrected chi connectivity index (χ2v) is 3.68. The number of aliphatic hydroxyl groups excluding tert-OH is 2. The van der Waals surface area contributed by atoms with Gasteiger partial charge < -0.3 is 15.1 Å². The van der Waals surface area contributed by atoms with Gasteiger partial charge in [0.1, 0.15) is 0 Å². The summed E-state index contributed by atoms with van der Waals surface area (Å²) in [7, 11) is 3.96. The van der Waals surface area contributed by atoms with Crippen LogP contribution in [0.1, 0.15) is 13.3 Å². The topological polar surface area (TPSA) is 43.7 Å². The van der Waals surface area contributed by atoms with Crippen molar-refractivity contribution in [2.24, 2.45) is 5.41 Å². The maximum Gasteiger partial charge on any atom is 0.0507 e. The molecule has 0 aliphatic heterocycles. The fourth-order valence-corrected chi connectivity index (χ4v) is 0.702. The number of rotatable bonds is 5. The first-order valence-corrected chi connectivity index (χ1v) is 3.90. The molecule has 0 bridgehead atoms. The third kappa shape index (κ3) is 4.35. The maximum absolute atomic E-state index is 8.92. The monoisotopic (exact) mass is 161 g/mol. The van der Waals surface area contributed by atoms with E-state index >= 15 is 0 Å². The molecule has 0 rings (SSSR count). The van der Waals surface area contributed by atoms with Gasteiger partial charge in [0.25, 0.3) is 0 Å². The third-order valence-corrected chi connectivity index (χ3v) is 1.93. The van der Waals surface area contributed by atoms with Gasteiger partial charge in [-0.25, -0.2) is 0 Å². The Labute approximate surface area is 68.6 Å². The molecule has 0 aromatic rings. The zero-order valence-corrected chi connectivity index (χ0v) is 7.67. The molecule has 0 atom stereocenters. The molecule has 0 aliphatic carbocycles. The van der Waals surface area contributed by atoms with E-state index in [0.29, 0.717) is 0 Å². The summed E-state index contributed by atoms with van der Waals surface area (Å²) in [6, 6.07) is 0. The molecular formula is C8H19NO2. The van der Waals surface area contributed by atoms with Crippen LogP contribution in [0.2, 0.25) is 0 Å². The van der Waals surface area contributed by atoms with E-state index in [0.717, 1.165) is 13.0 Å². The predicted molar refractivity (Wildman–Crippen MR) is 45.4 cm³/mol. The highest BCUT2D eigenvalue weighted by molar-refractivity contribution is 4.72. The Bertz CT molecular complexity index is 100. The lowest BCUT2D eigenvalue weighted by Gasteiger charge is -2.25. The predicted octanol–water partition coefficient (Wildman–Crippen LogP) is -0.0710. The van der Waals surface area contributed by atoms with Crippen LogP contribution in [-0.2, 0) is 0 Å². The molecule has 68 valence electrons. The Kier molecular flexibility index (Phi) is 4.65. The number of aliphatic hydroxyl groups is 2. The lowest BCUT2D eigenvalue weighted by atomic mass is 9.89. The second kappa shape index (κ2) is 4.70. The first-order valence-electron chi connectivity index (χ1n) is 3.90. The Balaban J connectivity index is 3.69. The summed E-state index contributed by atoms with van der Waals surface area (Å²) in [5.74, 6) is 0. The highest BCUT2D eigenvalue weighted by atomic mass is 16.3. The molecule has 0 fully saturated rings. The summed E-state index contributed by atoms with van der Waals surface area (Å²) >= 11 is 0. The SMILES string of the molecule is CN(C)CCC(C)(CO)CO. The smallest absolute Gasteiger partial charge is 0.0507 e. The molecule has 0 spiro atoms. The van der Waals surface area contributed by atoms with E-state index in [2.05, 4.69) is 0 Å². The number of hydrogen-bond acceptors (Lipinski definition) is 3. The Morgan fingerprint density at radius 2 is 1.64 bits per heavy atom. The summed E-state index contributed by atoms with van der Waals surface area (Å²) in [6.07, 6.45) is 0.826. The van der Waals surface area contributed by atoms with Crippen molar-refractivity contribution >= 4 is 0 Å². The van der Waals surface area contributed by atoms with Crippen molar-refractivity contribution in [1.82, 2.24) is 4.90 Å². The van der Waals surface area contributed by atoms with Gasteiger partial charge in [-0.15, -0.1) is 0 Å². The van der Waals surface area contributed by atoms with E-state index in [9.17, 15) is 0 Å². The third-order valence-electron chi connectivity index (χ3n) is 1.93. The van der Waals surface area contributed by atoms with Gasteiger partial charge >= 0.3 is 0 Å². The molecule has 3 nitrogen and oxygen atoms in total. The molecule has 0 aliphatic rings. The molecule has 11 heavy (non-hydrogen) atoms. The molecular weight excluding hydrogens is 142 g/mol. The molecule has 0 saturated carbocycles. The summed E-state index contributed by atoms with van der Waals surface area (Å²) in [5.41, 5.74) is -0.315. The van der Waals surface area contributed by atoms with Crippen LogP contribution in [0.4, 0.5) is 0 Å². The van der Waals surface area contributed by atoms with Crippen molar-refractivity contribution in [3.8, 4) is 0 Å². The normalized spacial score (nSPS) is 12.5. The zero-order valence-electron chi connectivity index (χ0n) is 7.67. The molecule has 0 aromatic heterocycles. The first kappa shape index (κ1) is 10.9. The molecule has 2 N–H and O–H groups in total. The second-order valence-electron chi connectivity index (χ2n) is 3.68. The van der Waals surface area contributed by atoms with Crippen LogP contribution in [0.3, 0.4) is 0 Å². The van der Waals surface area contributed by atoms with Crippen LogP contribution < -0.4 is 0 Å². The number of hydrogen-bond donors (Lipinski definition) is 2. The lowest BCUT2D eigenvalue weighted by Crippen LogP contribution is -2.30. The summed E-state index contributed by atoms with van der Waals surface area (Å²) in [4.78, 5) is 2.05. The van der Waals surface area contributed by atoms with Crippen LogP contribution in [0.25, 0.3) is 0 Å². The van der Waals surface area contributed by atoms with E-state index in [4.69, 9.17) is 10.2 Å². The van der Waals surface area contributed by atoms with Gasteiger partial charge in [-0.05, 0) is 27.1 Å². The van der Waals surface area contributed by atoms with Crippen molar-refractivity contribution in [2.75, 3.05) is 33.9 Å². The summed E-state index contributed by atoms with van der Waals surface area (Å²) < 4.78 is 0. The van der Waals surface area contributed by atoms with Gasteiger partial charge in [-0.2, -0.15) is 0 Å². The van der Waals surface area contributed by atoms with E-state index < -0.39 is 0 Å². The van der Waals surface area contributed by atoms with Crippen molar-refractivity contribution in [2.45, 2.75) is 13.3 Å². The van der Waals surface area contributed by atoms with Crippen LogP contribution in [0.15, 0.2) is 0 Å². The molecule has 3 heteroatoms. The van der Waals surface area contributed by atoms with Crippen molar-refractivity contribution in [3.05, 3.63) is 0 Å². The highest BCUT2D eigenvalue weighted by Gasteiger charge is 2.21. The largest absolute Gasteiger partial charge is 0.396 e. The summed E-state index contributed by atoms with van der Waals surface area (Å²) in [5, 5.41) is 17.8. The molecule has 0 unspecified atom stereocenters. The molecule has 0 amide bonds. The molecule has 0 heterocycles. The van der Waals surface area contributed by atoms with Gasteiger partial charge in [-0.3, -0.25) is 0 Å². The van der Waals surface area contributed by atoms with E-state index in [1.165, 1.54) is 0 Å². The summed E-state index contributed by atoms with van der Waals surface area (Å²) in [6.45, 7) is 2.89. The maximum atomic E-state index is 8.92. The Morgan fingerprint density at radius 1 is 1.18 bits per heavy atom. The average molecular weight is 161 g/mol. The standard InChI is InChI=1S/C8H19NO2/c1-8(6-10,7-11)4-5-9(2)3/h10-11H,4-7H2,1-3H3. The fourth-order valence-electron chi connectivity index (χ4n) is 0.702. The van der Waals surface area contributed by atoms with Crippen molar-refractivity contribution in [3.63, 3.8) is 0 Å². The van der Waals surface area contributed by atoms with Gasteiger partial charge in [0.2, 0.25) is 0 Å². The van der Waals surface area contributed by atoms with Crippen LogP contribution in [0.5, 0.6) is 0 Å². The van der Waals surface area contributed by atoms with Gasteiger partial charge in [0, 0.05) is 5.41 Å². The Hall–Kier alpha value is -0.120. The van der Waals surface area contributed by atoms with E-state index in [1.54, 1.807) is 0 Å². The minimum absolute atomic E-state index is 0.0529. The van der Waals surface area contributed by atoms with Crippen LogP contribution >= 0.6 is 0 Å². The van der Waals surface area contributed by atoms with Crippen LogP contribution in [-0.4, -0.2) is 49.0 Å². The number of nitrogens with zero attached hydrogens (tertiary/aromatic N) is 1. The molecule has 0 aromatic carbocycles. The highest BCUT2D eigenvalue weighted by Crippen LogP contribution is 2.18. The lowest BCUT2D eigenvalue weighted by molar-refractivity contribution is 0.0569. The van der Waals surface area contributed by atoms with Crippen LogP contribution in [0, 0.1) is 5.41 Å². The van der Waals surface area contributed by atoms with E-state index in [-0.39, 0.29) is 18.6 Å².